The molecule has 1 aliphatic rings. The first kappa shape index (κ1) is 12.4. The number of amides is 1. The van der Waals surface area contributed by atoms with Crippen LogP contribution in [0.2, 0.25) is 5.02 Å². The van der Waals surface area contributed by atoms with Crippen molar-refractivity contribution in [2.24, 2.45) is 5.73 Å². The third-order valence-electron chi connectivity index (χ3n) is 3.15. The molecule has 0 saturated carbocycles. The smallest absolute Gasteiger partial charge is 0.224 e. The molecule has 0 spiro atoms. The van der Waals surface area contributed by atoms with E-state index in [0.717, 1.165) is 18.5 Å². The molecule has 1 aliphatic heterocycles. The van der Waals surface area contributed by atoms with Gasteiger partial charge in [-0.15, -0.1) is 0 Å². The van der Waals surface area contributed by atoms with Crippen LogP contribution in [0, 0.1) is 0 Å². The molecule has 1 saturated heterocycles. The molecule has 0 unspecified atom stereocenters. The predicted molar refractivity (Wildman–Crippen MR) is 68.8 cm³/mol. The highest BCUT2D eigenvalue weighted by molar-refractivity contribution is 6.30. The predicted octanol–water partition coefficient (Wildman–Crippen LogP) is 2.35. The van der Waals surface area contributed by atoms with Crippen molar-refractivity contribution in [2.45, 2.75) is 31.8 Å². The molecule has 1 fully saturated rings. The summed E-state index contributed by atoms with van der Waals surface area (Å²) in [5, 5.41) is 0.702. The Morgan fingerprint density at radius 2 is 2.06 bits per heavy atom. The van der Waals surface area contributed by atoms with Crippen LogP contribution in [-0.4, -0.2) is 23.4 Å². The van der Waals surface area contributed by atoms with Crippen molar-refractivity contribution in [1.82, 2.24) is 4.90 Å². The molecule has 1 aromatic rings. The fraction of sp³-hybridized carbons (Fsp3) is 0.462. The van der Waals surface area contributed by atoms with Gasteiger partial charge in [0.1, 0.15) is 0 Å². The molecule has 2 N–H and O–H groups in total. The summed E-state index contributed by atoms with van der Waals surface area (Å²) < 4.78 is 0. The Balaban J connectivity index is 2.28. The average molecular weight is 253 g/mol. The van der Waals surface area contributed by atoms with Crippen LogP contribution >= 0.6 is 11.6 Å². The molecule has 1 amide bonds. The molecule has 0 aromatic heterocycles. The van der Waals surface area contributed by atoms with E-state index >= 15 is 0 Å². The lowest BCUT2D eigenvalue weighted by Gasteiger charge is -2.27. The van der Waals surface area contributed by atoms with Crippen molar-refractivity contribution in [3.63, 3.8) is 0 Å². The molecule has 92 valence electrons. The van der Waals surface area contributed by atoms with Crippen LogP contribution in [0.5, 0.6) is 0 Å². The number of hydrogen-bond donors (Lipinski definition) is 1. The van der Waals surface area contributed by atoms with Crippen LogP contribution in [0.25, 0.3) is 0 Å². The quantitative estimate of drug-likeness (QED) is 0.898. The maximum Gasteiger partial charge on any atom is 0.224 e. The number of halogens is 1. The van der Waals surface area contributed by atoms with Gasteiger partial charge in [-0.05, 0) is 24.1 Å². The van der Waals surface area contributed by atoms with Crippen LogP contribution in [0.3, 0.4) is 0 Å². The Morgan fingerprint density at radius 3 is 2.65 bits per heavy atom. The summed E-state index contributed by atoms with van der Waals surface area (Å²) in [4.78, 5) is 13.7. The lowest BCUT2D eigenvalue weighted by molar-refractivity contribution is -0.129. The Morgan fingerprint density at radius 1 is 1.41 bits per heavy atom. The number of rotatable bonds is 3. The number of hydrogen-bond acceptors (Lipinski definition) is 2. The summed E-state index contributed by atoms with van der Waals surface area (Å²) >= 11 is 5.87. The van der Waals surface area contributed by atoms with Gasteiger partial charge in [-0.1, -0.05) is 30.7 Å². The Kier molecular flexibility index (Phi) is 3.69. The normalized spacial score (nSPS) is 24.4. The standard InChI is InChI=1S/C13H17ClN2O/c1-2-7-16-12(17)8-11(15)13(16)9-3-5-10(14)6-4-9/h3-6,11,13H,2,7-8,15H2,1H3/t11-,13+/m0/s1. The monoisotopic (exact) mass is 252 g/mol. The molecule has 2 atom stereocenters. The number of nitrogens with two attached hydrogens (primary N) is 1. The topological polar surface area (TPSA) is 46.3 Å². The molecule has 3 nitrogen and oxygen atoms in total. The summed E-state index contributed by atoms with van der Waals surface area (Å²) in [6.07, 6.45) is 1.38. The van der Waals surface area contributed by atoms with Crippen molar-refractivity contribution in [1.29, 1.82) is 0 Å². The molecule has 4 heteroatoms. The average Bonchev–Trinajstić information content (AvgIpc) is 2.56. The molecule has 1 aromatic carbocycles. The van der Waals surface area contributed by atoms with Gasteiger partial charge >= 0.3 is 0 Å². The number of likely N-dealkylation sites (tertiary alicyclic amines) is 1. The second kappa shape index (κ2) is 5.07. The van der Waals surface area contributed by atoms with Crippen LogP contribution in [0.4, 0.5) is 0 Å². The van der Waals surface area contributed by atoms with Gasteiger partial charge in [-0.2, -0.15) is 0 Å². The first-order valence-electron chi connectivity index (χ1n) is 5.94. The zero-order valence-corrected chi connectivity index (χ0v) is 10.7. The molecular weight excluding hydrogens is 236 g/mol. The third kappa shape index (κ3) is 2.45. The van der Waals surface area contributed by atoms with Gasteiger partial charge in [-0.3, -0.25) is 4.79 Å². The second-order valence-electron chi connectivity index (χ2n) is 4.45. The Hall–Kier alpha value is -1.06. The Labute approximate surface area is 107 Å². The molecular formula is C13H17ClN2O. The van der Waals surface area contributed by atoms with Gasteiger partial charge in [-0.25, -0.2) is 0 Å². The number of benzene rings is 1. The summed E-state index contributed by atoms with van der Waals surface area (Å²) in [5.74, 6) is 0.152. The maximum atomic E-state index is 11.8. The van der Waals surface area contributed by atoms with Crippen molar-refractivity contribution in [2.75, 3.05) is 6.54 Å². The van der Waals surface area contributed by atoms with E-state index in [0.29, 0.717) is 11.4 Å². The fourth-order valence-electron chi connectivity index (χ4n) is 2.41. The SMILES string of the molecule is CCCN1C(=O)C[C@H](N)[C@H]1c1ccc(Cl)cc1. The number of carbonyl (C=O) groups is 1. The first-order chi connectivity index (χ1) is 8.13. The van der Waals surface area contributed by atoms with Crippen molar-refractivity contribution < 1.29 is 4.79 Å². The van der Waals surface area contributed by atoms with Gasteiger partial charge in [0, 0.05) is 24.0 Å². The van der Waals surface area contributed by atoms with Gasteiger partial charge in [0.25, 0.3) is 0 Å². The van der Waals surface area contributed by atoms with E-state index in [1.165, 1.54) is 0 Å². The van der Waals surface area contributed by atoms with E-state index in [-0.39, 0.29) is 18.0 Å². The van der Waals surface area contributed by atoms with Gasteiger partial charge < -0.3 is 10.6 Å². The van der Waals surface area contributed by atoms with Crippen molar-refractivity contribution in [3.8, 4) is 0 Å². The summed E-state index contributed by atoms with van der Waals surface area (Å²) in [6, 6.07) is 7.48. The van der Waals surface area contributed by atoms with Crippen LogP contribution in [0.15, 0.2) is 24.3 Å². The second-order valence-corrected chi connectivity index (χ2v) is 4.89. The summed E-state index contributed by atoms with van der Waals surface area (Å²) in [5.41, 5.74) is 7.14. The molecule has 1 heterocycles. The van der Waals surface area contributed by atoms with E-state index in [2.05, 4.69) is 6.92 Å². The van der Waals surface area contributed by atoms with Gasteiger partial charge in [0.05, 0.1) is 6.04 Å². The minimum Gasteiger partial charge on any atom is -0.334 e. The summed E-state index contributed by atoms with van der Waals surface area (Å²) in [6.45, 7) is 2.83. The number of carbonyl (C=O) groups excluding carboxylic acids is 1. The highest BCUT2D eigenvalue weighted by Crippen LogP contribution is 2.32. The zero-order valence-electron chi connectivity index (χ0n) is 9.90. The minimum atomic E-state index is -0.116. The minimum absolute atomic E-state index is 0.000262. The van der Waals surface area contributed by atoms with E-state index in [4.69, 9.17) is 17.3 Å². The molecule has 17 heavy (non-hydrogen) atoms. The van der Waals surface area contributed by atoms with E-state index in [1.807, 2.05) is 29.2 Å². The van der Waals surface area contributed by atoms with Gasteiger partial charge in [0.2, 0.25) is 5.91 Å². The van der Waals surface area contributed by atoms with Crippen LogP contribution in [-0.2, 0) is 4.79 Å². The molecule has 2 rings (SSSR count). The highest BCUT2D eigenvalue weighted by atomic mass is 35.5. The van der Waals surface area contributed by atoms with Crippen molar-refractivity contribution in [3.05, 3.63) is 34.9 Å². The summed E-state index contributed by atoms with van der Waals surface area (Å²) in [7, 11) is 0. The first-order valence-corrected chi connectivity index (χ1v) is 6.31. The van der Waals surface area contributed by atoms with Crippen LogP contribution in [0.1, 0.15) is 31.4 Å². The highest BCUT2D eigenvalue weighted by Gasteiger charge is 2.37. The van der Waals surface area contributed by atoms with E-state index in [9.17, 15) is 4.79 Å². The molecule has 0 bridgehead atoms. The molecule has 0 aliphatic carbocycles. The van der Waals surface area contributed by atoms with Gasteiger partial charge in [0.15, 0.2) is 0 Å². The lowest BCUT2D eigenvalue weighted by atomic mass is 10.0. The zero-order chi connectivity index (χ0) is 12.4. The molecule has 0 radical (unpaired) electrons. The number of nitrogens with zero attached hydrogens (tertiary/aromatic N) is 1. The van der Waals surface area contributed by atoms with Crippen LogP contribution < -0.4 is 5.73 Å². The lowest BCUT2D eigenvalue weighted by Crippen LogP contribution is -2.33. The van der Waals surface area contributed by atoms with E-state index in [1.54, 1.807) is 0 Å². The maximum absolute atomic E-state index is 11.8. The Bertz CT molecular complexity index is 404. The van der Waals surface area contributed by atoms with E-state index < -0.39 is 0 Å². The fourth-order valence-corrected chi connectivity index (χ4v) is 2.53. The largest absolute Gasteiger partial charge is 0.334 e. The third-order valence-corrected chi connectivity index (χ3v) is 3.40. The van der Waals surface area contributed by atoms with Crippen molar-refractivity contribution >= 4 is 17.5 Å².